The molecule has 1 rings (SSSR count). The summed E-state index contributed by atoms with van der Waals surface area (Å²) >= 11 is 0. The summed E-state index contributed by atoms with van der Waals surface area (Å²) in [4.78, 5) is 47.9. The van der Waals surface area contributed by atoms with Crippen molar-refractivity contribution in [3.63, 3.8) is 0 Å². The van der Waals surface area contributed by atoms with Gasteiger partial charge in [0.15, 0.2) is 12.0 Å². The maximum Gasteiger partial charge on any atom is 0.416 e. The Kier molecular flexibility index (Phi) is 8.34. The number of carbonyl (C=O) groups is 4. The van der Waals surface area contributed by atoms with Gasteiger partial charge >= 0.3 is 18.1 Å². The van der Waals surface area contributed by atoms with Crippen LogP contribution in [0, 0.1) is 11.8 Å². The highest BCUT2D eigenvalue weighted by molar-refractivity contribution is 5.97. The number of esters is 2. The summed E-state index contributed by atoms with van der Waals surface area (Å²) in [5.74, 6) is -7.24. The molecule has 166 valence electrons. The van der Waals surface area contributed by atoms with Crippen molar-refractivity contribution in [2.24, 2.45) is 17.6 Å². The molecule has 0 heterocycles. The van der Waals surface area contributed by atoms with Crippen molar-refractivity contribution >= 4 is 23.8 Å². The predicted molar refractivity (Wildman–Crippen MR) is 94.2 cm³/mol. The molecule has 0 bridgehead atoms. The molecule has 0 aromatic heterocycles. The number of aliphatic hydroxyl groups is 1. The van der Waals surface area contributed by atoms with Crippen LogP contribution in [0.4, 0.5) is 13.2 Å². The molecule has 4 N–H and O–H groups in total. The van der Waals surface area contributed by atoms with Gasteiger partial charge in [-0.05, 0) is 17.7 Å². The first-order chi connectivity index (χ1) is 13.8. The zero-order chi connectivity index (χ0) is 23.2. The third-order valence-electron chi connectivity index (χ3n) is 4.37. The number of hydrogen-bond donors (Lipinski definition) is 3. The molecule has 1 aromatic rings. The number of halogens is 3. The van der Waals surface area contributed by atoms with E-state index in [1.54, 1.807) is 0 Å². The number of alkyl halides is 3. The van der Waals surface area contributed by atoms with Crippen molar-refractivity contribution < 1.29 is 46.9 Å². The Morgan fingerprint density at radius 1 is 1.03 bits per heavy atom. The van der Waals surface area contributed by atoms with E-state index in [0.717, 1.165) is 26.4 Å². The first-order valence-corrected chi connectivity index (χ1v) is 8.45. The predicted octanol–water partition coefficient (Wildman–Crippen LogP) is 0.307. The monoisotopic (exact) mass is 434 g/mol. The maximum absolute atomic E-state index is 12.6. The molecule has 0 saturated carbocycles. The van der Waals surface area contributed by atoms with Gasteiger partial charge in [0.05, 0.1) is 19.8 Å². The normalized spacial score (nSPS) is 14.4. The summed E-state index contributed by atoms with van der Waals surface area (Å²) < 4.78 is 46.9. The highest BCUT2D eigenvalue weighted by Gasteiger charge is 2.42. The lowest BCUT2D eigenvalue weighted by atomic mass is 9.86. The minimum absolute atomic E-state index is 0.186. The van der Waals surface area contributed by atoms with Crippen LogP contribution in [0.3, 0.4) is 0 Å². The molecular formula is C18H21F3N2O7. The molecule has 2 amide bonds. The van der Waals surface area contributed by atoms with E-state index in [9.17, 15) is 37.5 Å². The third kappa shape index (κ3) is 5.92. The van der Waals surface area contributed by atoms with Gasteiger partial charge in [-0.25, -0.2) is 0 Å². The summed E-state index contributed by atoms with van der Waals surface area (Å²) in [6.45, 7) is 1.25. The topological polar surface area (TPSA) is 145 Å². The molecule has 0 aliphatic carbocycles. The minimum Gasteiger partial charge on any atom is -0.468 e. The number of nitrogens with two attached hydrogens (primary N) is 1. The molecular weight excluding hydrogens is 413 g/mol. The Hall–Kier alpha value is -3.15. The quantitative estimate of drug-likeness (QED) is 0.394. The molecule has 0 aliphatic rings. The molecule has 0 saturated heterocycles. The number of ether oxygens (including phenoxy) is 2. The van der Waals surface area contributed by atoms with Crippen molar-refractivity contribution in [3.8, 4) is 0 Å². The molecule has 0 aliphatic heterocycles. The Morgan fingerprint density at radius 2 is 1.50 bits per heavy atom. The van der Waals surface area contributed by atoms with Gasteiger partial charge in [-0.2, -0.15) is 13.2 Å². The maximum atomic E-state index is 12.6. The molecule has 0 fully saturated rings. The van der Waals surface area contributed by atoms with E-state index < -0.39 is 59.5 Å². The number of methoxy groups -OCH3 is 2. The fourth-order valence-electron chi connectivity index (χ4n) is 2.67. The largest absolute Gasteiger partial charge is 0.468 e. The number of hydrogen-bond acceptors (Lipinski definition) is 7. The van der Waals surface area contributed by atoms with E-state index >= 15 is 0 Å². The van der Waals surface area contributed by atoms with Crippen LogP contribution < -0.4 is 11.1 Å². The van der Waals surface area contributed by atoms with Crippen molar-refractivity contribution in [2.75, 3.05) is 14.2 Å². The average Bonchev–Trinajstić information content (AvgIpc) is 2.69. The minimum atomic E-state index is -4.60. The second-order valence-electron chi connectivity index (χ2n) is 6.29. The summed E-state index contributed by atoms with van der Waals surface area (Å²) in [6.07, 6.45) is -6.55. The van der Waals surface area contributed by atoms with Crippen LogP contribution in [0.5, 0.6) is 0 Å². The molecule has 9 nitrogen and oxygen atoms in total. The Bertz CT molecular complexity index is 780. The third-order valence-corrected chi connectivity index (χ3v) is 4.37. The van der Waals surface area contributed by atoms with Gasteiger partial charge < -0.3 is 25.6 Å². The summed E-state index contributed by atoms with van der Waals surface area (Å²) in [5.41, 5.74) is 4.08. The van der Waals surface area contributed by atoms with Gasteiger partial charge in [-0.3, -0.25) is 19.2 Å². The summed E-state index contributed by atoms with van der Waals surface area (Å²) in [7, 11) is 1.99. The number of primary amides is 1. The van der Waals surface area contributed by atoms with E-state index in [0.29, 0.717) is 12.1 Å². The zero-order valence-electron chi connectivity index (χ0n) is 16.2. The van der Waals surface area contributed by atoms with Gasteiger partial charge in [0.2, 0.25) is 5.91 Å². The van der Waals surface area contributed by atoms with Crippen LogP contribution in [-0.4, -0.2) is 49.1 Å². The van der Waals surface area contributed by atoms with Crippen LogP contribution in [0.25, 0.3) is 0 Å². The van der Waals surface area contributed by atoms with Crippen molar-refractivity contribution in [2.45, 2.75) is 25.2 Å². The first-order valence-electron chi connectivity index (χ1n) is 8.45. The van der Waals surface area contributed by atoms with E-state index in [1.807, 2.05) is 0 Å². The lowest BCUT2D eigenvalue weighted by Gasteiger charge is -2.27. The fraction of sp³-hybridized carbons (Fsp3) is 0.444. The molecule has 30 heavy (non-hydrogen) atoms. The standard InChI is InChI=1S/C18H21F3N2O7/c1-8(11(16(27)29-2)17(28)30-3)12(14(22)25)23-15(26)13(24)9-4-6-10(7-5-9)18(19,20)21/h4-8,11-13,24H,1-3H3,(H2,22,25)(H,23,26)/t8-,12+,13+/m1/s1. The molecule has 0 spiro atoms. The highest BCUT2D eigenvalue weighted by Crippen LogP contribution is 2.30. The zero-order valence-corrected chi connectivity index (χ0v) is 16.2. The Morgan fingerprint density at radius 3 is 1.87 bits per heavy atom. The van der Waals surface area contributed by atoms with Crippen LogP contribution in [0.2, 0.25) is 0 Å². The summed E-state index contributed by atoms with van der Waals surface area (Å²) in [6, 6.07) is 1.52. The van der Waals surface area contributed by atoms with E-state index in [-0.39, 0.29) is 5.56 Å². The number of carbonyl (C=O) groups excluding carboxylic acids is 4. The van der Waals surface area contributed by atoms with E-state index in [1.165, 1.54) is 6.92 Å². The number of nitrogens with one attached hydrogen (secondary N) is 1. The Balaban J connectivity index is 3.06. The second kappa shape index (κ2) is 10.1. The van der Waals surface area contributed by atoms with Crippen molar-refractivity contribution in [1.29, 1.82) is 0 Å². The first kappa shape index (κ1) is 24.9. The second-order valence-corrected chi connectivity index (χ2v) is 6.29. The van der Waals surface area contributed by atoms with Crippen molar-refractivity contribution in [3.05, 3.63) is 35.4 Å². The van der Waals surface area contributed by atoms with Gasteiger partial charge in [-0.1, -0.05) is 19.1 Å². The van der Waals surface area contributed by atoms with Gasteiger partial charge in [-0.15, -0.1) is 0 Å². The lowest BCUT2D eigenvalue weighted by Crippen LogP contribution is -2.53. The van der Waals surface area contributed by atoms with E-state index in [4.69, 9.17) is 5.73 Å². The number of benzene rings is 1. The van der Waals surface area contributed by atoms with Gasteiger partial charge in [0.25, 0.3) is 5.91 Å². The highest BCUT2D eigenvalue weighted by atomic mass is 19.4. The van der Waals surface area contributed by atoms with Crippen molar-refractivity contribution in [1.82, 2.24) is 5.32 Å². The molecule has 3 atom stereocenters. The fourth-order valence-corrected chi connectivity index (χ4v) is 2.67. The van der Waals surface area contributed by atoms with Crippen LogP contribution in [-0.2, 0) is 34.8 Å². The van der Waals surface area contributed by atoms with E-state index in [2.05, 4.69) is 14.8 Å². The van der Waals surface area contributed by atoms with Gasteiger partial charge in [0.1, 0.15) is 6.04 Å². The number of rotatable bonds is 8. The van der Waals surface area contributed by atoms with Crippen LogP contribution >= 0.6 is 0 Å². The van der Waals surface area contributed by atoms with Crippen LogP contribution in [0.1, 0.15) is 24.2 Å². The molecule has 12 heteroatoms. The van der Waals surface area contributed by atoms with Gasteiger partial charge in [0, 0.05) is 5.92 Å². The lowest BCUT2D eigenvalue weighted by molar-refractivity contribution is -0.162. The smallest absolute Gasteiger partial charge is 0.416 e. The summed E-state index contributed by atoms with van der Waals surface area (Å²) in [5, 5.41) is 12.2. The molecule has 1 aromatic carbocycles. The number of aliphatic hydroxyl groups excluding tert-OH is 1. The molecule has 0 unspecified atom stereocenters. The SMILES string of the molecule is COC(=O)C(C(=O)OC)[C@@H](C)[C@H](NC(=O)[C@@H](O)c1ccc(C(F)(F)F)cc1)C(N)=O. The van der Waals surface area contributed by atoms with Crippen LogP contribution in [0.15, 0.2) is 24.3 Å². The Labute approximate surface area is 169 Å². The number of amides is 2. The molecule has 0 radical (unpaired) electrons. The average molecular weight is 434 g/mol.